The highest BCUT2D eigenvalue weighted by Crippen LogP contribution is 2.24. The van der Waals surface area contributed by atoms with Crippen molar-refractivity contribution < 1.29 is 38.7 Å². The third-order valence-electron chi connectivity index (χ3n) is 7.34. The van der Waals surface area contributed by atoms with Crippen molar-refractivity contribution in [2.45, 2.75) is 37.1 Å². The lowest BCUT2D eigenvalue weighted by Gasteiger charge is -2.26. The zero-order valence-corrected chi connectivity index (χ0v) is 27.7. The SMILES string of the molecule is Cn1cc(Cl)cc1C(=O)NCC(=O)N[C@H]1CNC(=O)[C@H](Cc2c[nH]c3ccc(Br)cc23)NC(=O)[C@@H](O)CNC(=O)[C@H](CC(N)=O)NC1=O. The fraction of sp³-hybridized carbons (Fsp3) is 0.345. The summed E-state index contributed by atoms with van der Waals surface area (Å²) >= 11 is 9.33. The number of hydrogen-bond donors (Lipinski definition) is 9. The molecule has 4 atom stereocenters. The largest absolute Gasteiger partial charge is 0.381 e. The van der Waals surface area contributed by atoms with Gasteiger partial charge in [-0.1, -0.05) is 27.5 Å². The van der Waals surface area contributed by atoms with E-state index < -0.39 is 91.6 Å². The van der Waals surface area contributed by atoms with Crippen molar-refractivity contribution in [3.8, 4) is 0 Å². The number of nitrogens with one attached hydrogen (secondary N) is 7. The number of nitrogens with two attached hydrogens (primary N) is 1. The first-order valence-corrected chi connectivity index (χ1v) is 15.7. The Hall–Kier alpha value is -4.94. The third-order valence-corrected chi connectivity index (χ3v) is 8.04. The Labute approximate surface area is 286 Å². The molecular formula is C29H33BrClN9O8. The summed E-state index contributed by atoms with van der Waals surface area (Å²) in [4.78, 5) is 92.8. The minimum Gasteiger partial charge on any atom is -0.381 e. The second-order valence-corrected chi connectivity index (χ2v) is 12.3. The maximum absolute atomic E-state index is 13.5. The zero-order valence-electron chi connectivity index (χ0n) is 25.4. The number of benzene rings is 1. The van der Waals surface area contributed by atoms with Gasteiger partial charge >= 0.3 is 0 Å². The summed E-state index contributed by atoms with van der Waals surface area (Å²) in [7, 11) is 1.58. The second-order valence-electron chi connectivity index (χ2n) is 11.0. The van der Waals surface area contributed by atoms with E-state index in [4.69, 9.17) is 17.3 Å². The number of hydrogen-bond acceptors (Lipinski definition) is 8. The van der Waals surface area contributed by atoms with Crippen LogP contribution in [0.15, 0.2) is 41.1 Å². The molecule has 0 bridgehead atoms. The molecule has 1 saturated heterocycles. The molecule has 4 rings (SSSR count). The molecule has 0 spiro atoms. The first-order chi connectivity index (χ1) is 22.7. The van der Waals surface area contributed by atoms with Gasteiger partial charge in [-0.3, -0.25) is 33.6 Å². The van der Waals surface area contributed by atoms with Crippen LogP contribution in [-0.4, -0.2) is 99.9 Å². The molecule has 48 heavy (non-hydrogen) atoms. The first kappa shape index (κ1) is 35.9. The Kier molecular flexibility index (Phi) is 11.8. The van der Waals surface area contributed by atoms with E-state index >= 15 is 0 Å². The van der Waals surface area contributed by atoms with Crippen LogP contribution in [0.5, 0.6) is 0 Å². The van der Waals surface area contributed by atoms with E-state index in [0.29, 0.717) is 10.6 Å². The molecule has 0 saturated carbocycles. The number of H-pyrrole nitrogens is 1. The van der Waals surface area contributed by atoms with E-state index in [1.54, 1.807) is 13.2 Å². The van der Waals surface area contributed by atoms with E-state index in [1.165, 1.54) is 16.8 Å². The molecule has 3 heterocycles. The fourth-order valence-electron chi connectivity index (χ4n) is 4.89. The van der Waals surface area contributed by atoms with Gasteiger partial charge in [-0.25, -0.2) is 0 Å². The molecular weight excluding hydrogens is 718 g/mol. The van der Waals surface area contributed by atoms with Crippen LogP contribution in [0.2, 0.25) is 5.02 Å². The molecule has 1 aliphatic rings. The summed E-state index contributed by atoms with van der Waals surface area (Å²) in [6, 6.07) is 2.48. The normalized spacial score (nSPS) is 20.9. The molecule has 0 aliphatic carbocycles. The standard InChI is InChI=1S/C29H33BrClN9O8/c1-40-12-15(31)6-21(40)28(47)36-11-24(43)37-20-9-34-25(44)18(4-13-8-33-17-3-2-14(30)5-16(13)17)39-29(48)22(41)10-35-26(45)19(7-23(32)42)38-27(20)46/h2-3,5-6,8,12,18-20,22,33,41H,4,7,9-11H2,1H3,(H2,32,42)(H,34,44)(H,35,45)(H,36,47)(H,37,43)(H,38,46)(H,39,48)/t18-,19-,20-,22-/m0/s1. The van der Waals surface area contributed by atoms with Crippen molar-refractivity contribution in [3.05, 3.63) is 57.4 Å². The number of halogens is 2. The summed E-state index contributed by atoms with van der Waals surface area (Å²) in [5.74, 6) is -6.11. The van der Waals surface area contributed by atoms with Crippen LogP contribution >= 0.6 is 27.5 Å². The van der Waals surface area contributed by atoms with Crippen LogP contribution in [0.1, 0.15) is 22.5 Å². The monoisotopic (exact) mass is 749 g/mol. The fourth-order valence-corrected chi connectivity index (χ4v) is 5.50. The van der Waals surface area contributed by atoms with Crippen molar-refractivity contribution in [3.63, 3.8) is 0 Å². The number of aliphatic hydroxyl groups is 1. The van der Waals surface area contributed by atoms with Gasteiger partial charge in [0.1, 0.15) is 29.9 Å². The van der Waals surface area contributed by atoms with Crippen molar-refractivity contribution in [1.29, 1.82) is 0 Å². The average Bonchev–Trinajstić information content (AvgIpc) is 3.59. The van der Waals surface area contributed by atoms with Crippen molar-refractivity contribution in [2.24, 2.45) is 12.8 Å². The third kappa shape index (κ3) is 9.33. The Morgan fingerprint density at radius 1 is 1.02 bits per heavy atom. The van der Waals surface area contributed by atoms with Gasteiger partial charge in [0.15, 0.2) is 0 Å². The van der Waals surface area contributed by atoms with E-state index in [-0.39, 0.29) is 12.1 Å². The Morgan fingerprint density at radius 2 is 1.71 bits per heavy atom. The minimum absolute atomic E-state index is 0.0494. The molecule has 0 unspecified atom stereocenters. The van der Waals surface area contributed by atoms with Crippen molar-refractivity contribution in [1.82, 2.24) is 41.5 Å². The van der Waals surface area contributed by atoms with E-state index in [0.717, 1.165) is 15.4 Å². The highest BCUT2D eigenvalue weighted by molar-refractivity contribution is 9.10. The van der Waals surface area contributed by atoms with E-state index in [9.17, 15) is 38.7 Å². The maximum Gasteiger partial charge on any atom is 0.268 e. The van der Waals surface area contributed by atoms with E-state index in [2.05, 4.69) is 52.8 Å². The Balaban J connectivity index is 1.56. The highest BCUT2D eigenvalue weighted by atomic mass is 79.9. The maximum atomic E-state index is 13.5. The van der Waals surface area contributed by atoms with Gasteiger partial charge in [-0.05, 0) is 29.8 Å². The molecule has 7 amide bonds. The van der Waals surface area contributed by atoms with Gasteiger partial charge < -0.3 is 52.3 Å². The number of amides is 7. The number of aromatic nitrogens is 2. The lowest BCUT2D eigenvalue weighted by molar-refractivity contribution is -0.136. The van der Waals surface area contributed by atoms with Crippen LogP contribution in [0.25, 0.3) is 10.9 Å². The number of aliphatic hydroxyl groups excluding tert-OH is 1. The predicted octanol–water partition coefficient (Wildman–Crippen LogP) is -2.17. The zero-order chi connectivity index (χ0) is 35.1. The summed E-state index contributed by atoms with van der Waals surface area (Å²) in [6.07, 6.45) is 0.636. The van der Waals surface area contributed by atoms with Crippen LogP contribution in [0.4, 0.5) is 0 Å². The molecule has 0 radical (unpaired) electrons. The van der Waals surface area contributed by atoms with Crippen molar-refractivity contribution in [2.75, 3.05) is 19.6 Å². The number of carbonyl (C=O) groups is 7. The van der Waals surface area contributed by atoms with Gasteiger partial charge in [0, 0.05) is 47.8 Å². The molecule has 3 aromatic rings. The highest BCUT2D eigenvalue weighted by Gasteiger charge is 2.32. The summed E-state index contributed by atoms with van der Waals surface area (Å²) < 4.78 is 2.22. The number of carbonyl (C=O) groups excluding carboxylic acids is 7. The number of β-amino-alcohol motifs (C(OH)–C–C–N with tert-alkyl or cyclic N) is 1. The molecule has 256 valence electrons. The summed E-state index contributed by atoms with van der Waals surface area (Å²) in [5.41, 5.74) is 6.82. The van der Waals surface area contributed by atoms with Gasteiger partial charge in [-0.2, -0.15) is 0 Å². The predicted molar refractivity (Wildman–Crippen MR) is 174 cm³/mol. The molecule has 2 aromatic heterocycles. The average molecular weight is 751 g/mol. The molecule has 1 aromatic carbocycles. The quantitative estimate of drug-likeness (QED) is 0.122. The number of fused-ring (bicyclic) bond motifs is 1. The van der Waals surface area contributed by atoms with Gasteiger partial charge in [-0.15, -0.1) is 0 Å². The Morgan fingerprint density at radius 3 is 2.40 bits per heavy atom. The van der Waals surface area contributed by atoms with Gasteiger partial charge in [0.05, 0.1) is 24.5 Å². The van der Waals surface area contributed by atoms with Crippen LogP contribution in [0.3, 0.4) is 0 Å². The van der Waals surface area contributed by atoms with Crippen LogP contribution in [0, 0.1) is 0 Å². The molecule has 1 fully saturated rings. The molecule has 1 aliphatic heterocycles. The van der Waals surface area contributed by atoms with E-state index in [1.807, 2.05) is 18.2 Å². The first-order valence-electron chi connectivity index (χ1n) is 14.5. The van der Waals surface area contributed by atoms with Gasteiger partial charge in [0.25, 0.3) is 11.8 Å². The Bertz CT molecular complexity index is 1760. The number of nitrogens with zero attached hydrogens (tertiary/aromatic N) is 1. The summed E-state index contributed by atoms with van der Waals surface area (Å²) in [6.45, 7) is -1.76. The van der Waals surface area contributed by atoms with Crippen molar-refractivity contribution >= 4 is 79.8 Å². The minimum atomic E-state index is -1.80. The number of aryl methyl sites for hydroxylation is 1. The lowest BCUT2D eigenvalue weighted by atomic mass is 10.0. The smallest absolute Gasteiger partial charge is 0.268 e. The molecule has 10 N–H and O–H groups in total. The molecule has 17 nitrogen and oxygen atoms in total. The number of primary amides is 1. The van der Waals surface area contributed by atoms with Crippen LogP contribution < -0.4 is 37.6 Å². The molecule has 19 heteroatoms. The lowest BCUT2D eigenvalue weighted by Crippen LogP contribution is -2.61. The summed E-state index contributed by atoms with van der Waals surface area (Å²) in [5, 5.41) is 25.9. The van der Waals surface area contributed by atoms with Crippen LogP contribution in [-0.2, 0) is 42.2 Å². The number of rotatable bonds is 8. The second kappa shape index (κ2) is 15.8. The number of aromatic amines is 1. The van der Waals surface area contributed by atoms with Gasteiger partial charge in [0.2, 0.25) is 29.5 Å². The topological polar surface area (TPSA) is 259 Å².